The van der Waals surface area contributed by atoms with Crippen LogP contribution in [0.25, 0.3) is 0 Å². The van der Waals surface area contributed by atoms with E-state index in [-0.39, 0.29) is 0 Å². The minimum atomic E-state index is 0.655. The molecule has 0 aliphatic heterocycles. The van der Waals surface area contributed by atoms with Gasteiger partial charge in [-0.05, 0) is 41.6 Å². The summed E-state index contributed by atoms with van der Waals surface area (Å²) in [4.78, 5) is 1.25. The summed E-state index contributed by atoms with van der Waals surface area (Å²) < 4.78 is 5.74. The third kappa shape index (κ3) is 5.05. The molecule has 1 heterocycles. The van der Waals surface area contributed by atoms with Crippen LogP contribution in [0.4, 0.5) is 0 Å². The average Bonchev–Trinajstić information content (AvgIpc) is 2.90. The Morgan fingerprint density at radius 3 is 2.58 bits per heavy atom. The number of nitrogens with one attached hydrogen (secondary N) is 1. The standard InChI is InChI=1S/C16H21NOS/c1-13(2)10-17-11-14-5-7-15(8-6-14)18-12-16-4-3-9-19-16/h3-9,13,17H,10-12H2,1-2H3. The smallest absolute Gasteiger partial charge is 0.122 e. The van der Waals surface area contributed by atoms with Crippen LogP contribution < -0.4 is 10.1 Å². The lowest BCUT2D eigenvalue weighted by molar-refractivity contribution is 0.309. The highest BCUT2D eigenvalue weighted by molar-refractivity contribution is 7.09. The maximum absolute atomic E-state index is 5.74. The first-order valence-corrected chi connectivity index (χ1v) is 7.57. The highest BCUT2D eigenvalue weighted by Gasteiger charge is 1.98. The van der Waals surface area contributed by atoms with Crippen molar-refractivity contribution in [1.82, 2.24) is 5.32 Å². The van der Waals surface area contributed by atoms with E-state index < -0.39 is 0 Å². The molecule has 1 aromatic heterocycles. The molecule has 0 saturated heterocycles. The Kier molecular flexibility index (Phi) is 5.43. The van der Waals surface area contributed by atoms with E-state index in [1.54, 1.807) is 11.3 Å². The molecule has 102 valence electrons. The fourth-order valence-electron chi connectivity index (χ4n) is 1.76. The Morgan fingerprint density at radius 1 is 1.16 bits per heavy atom. The van der Waals surface area contributed by atoms with Crippen molar-refractivity contribution in [3.05, 3.63) is 52.2 Å². The zero-order valence-corrected chi connectivity index (χ0v) is 12.4. The maximum atomic E-state index is 5.74. The fourth-order valence-corrected chi connectivity index (χ4v) is 2.37. The monoisotopic (exact) mass is 275 g/mol. The molecule has 1 aromatic carbocycles. The van der Waals surface area contributed by atoms with Gasteiger partial charge in [0.2, 0.25) is 0 Å². The maximum Gasteiger partial charge on any atom is 0.122 e. The van der Waals surface area contributed by atoms with E-state index in [1.807, 2.05) is 18.2 Å². The Labute approximate surface area is 119 Å². The average molecular weight is 275 g/mol. The number of ether oxygens (including phenoxy) is 1. The Morgan fingerprint density at radius 2 is 1.95 bits per heavy atom. The van der Waals surface area contributed by atoms with Crippen molar-refractivity contribution in [1.29, 1.82) is 0 Å². The van der Waals surface area contributed by atoms with Gasteiger partial charge in [-0.3, -0.25) is 0 Å². The van der Waals surface area contributed by atoms with E-state index in [9.17, 15) is 0 Å². The Hall–Kier alpha value is -1.32. The summed E-state index contributed by atoms with van der Waals surface area (Å²) in [5, 5.41) is 5.51. The topological polar surface area (TPSA) is 21.3 Å². The molecule has 2 nitrogen and oxygen atoms in total. The number of benzene rings is 1. The highest BCUT2D eigenvalue weighted by atomic mass is 32.1. The quantitative estimate of drug-likeness (QED) is 0.822. The zero-order valence-electron chi connectivity index (χ0n) is 11.6. The molecule has 0 aliphatic carbocycles. The van der Waals surface area contributed by atoms with Gasteiger partial charge in [-0.2, -0.15) is 0 Å². The molecular weight excluding hydrogens is 254 g/mol. The summed E-state index contributed by atoms with van der Waals surface area (Å²) in [6.45, 7) is 7.06. The second-order valence-corrected chi connectivity index (χ2v) is 6.07. The van der Waals surface area contributed by atoms with Crippen LogP contribution in [0.5, 0.6) is 5.75 Å². The van der Waals surface area contributed by atoms with Crippen molar-refractivity contribution in [3.63, 3.8) is 0 Å². The van der Waals surface area contributed by atoms with Gasteiger partial charge in [0.1, 0.15) is 12.4 Å². The molecule has 0 fully saturated rings. The minimum absolute atomic E-state index is 0.655. The molecule has 3 heteroatoms. The lowest BCUT2D eigenvalue weighted by atomic mass is 10.2. The molecule has 0 atom stereocenters. The van der Waals surface area contributed by atoms with E-state index in [1.165, 1.54) is 10.4 Å². The van der Waals surface area contributed by atoms with Gasteiger partial charge >= 0.3 is 0 Å². The molecule has 1 N–H and O–H groups in total. The molecule has 0 saturated carbocycles. The van der Waals surface area contributed by atoms with Crippen LogP contribution in [0.1, 0.15) is 24.3 Å². The van der Waals surface area contributed by atoms with Gasteiger partial charge < -0.3 is 10.1 Å². The highest BCUT2D eigenvalue weighted by Crippen LogP contribution is 2.16. The fraction of sp³-hybridized carbons (Fsp3) is 0.375. The molecule has 19 heavy (non-hydrogen) atoms. The molecule has 0 radical (unpaired) electrons. The first-order chi connectivity index (χ1) is 9.24. The van der Waals surface area contributed by atoms with Crippen LogP contribution in [-0.4, -0.2) is 6.54 Å². The van der Waals surface area contributed by atoms with Crippen LogP contribution in [0.3, 0.4) is 0 Å². The number of hydrogen-bond donors (Lipinski definition) is 1. The van der Waals surface area contributed by atoms with Gasteiger partial charge in [0.15, 0.2) is 0 Å². The predicted octanol–water partition coefficient (Wildman–Crippen LogP) is 4.07. The number of hydrogen-bond acceptors (Lipinski definition) is 3. The van der Waals surface area contributed by atoms with Gasteiger partial charge in [-0.15, -0.1) is 11.3 Å². The normalized spacial score (nSPS) is 10.9. The first-order valence-electron chi connectivity index (χ1n) is 6.69. The Bertz CT molecular complexity index is 462. The summed E-state index contributed by atoms with van der Waals surface area (Å²) in [6, 6.07) is 12.5. The number of rotatable bonds is 7. The van der Waals surface area contributed by atoms with Crippen molar-refractivity contribution >= 4 is 11.3 Å². The van der Waals surface area contributed by atoms with E-state index in [4.69, 9.17) is 4.74 Å². The molecule has 0 unspecified atom stereocenters. The van der Waals surface area contributed by atoms with Crippen LogP contribution in [0.15, 0.2) is 41.8 Å². The third-order valence-electron chi connectivity index (χ3n) is 2.77. The molecule has 0 bridgehead atoms. The predicted molar refractivity (Wildman–Crippen MR) is 81.6 cm³/mol. The van der Waals surface area contributed by atoms with Crippen LogP contribution in [-0.2, 0) is 13.2 Å². The largest absolute Gasteiger partial charge is 0.488 e. The lowest BCUT2D eigenvalue weighted by Crippen LogP contribution is -2.18. The van der Waals surface area contributed by atoms with E-state index in [0.717, 1.165) is 18.8 Å². The first kappa shape index (κ1) is 14.1. The van der Waals surface area contributed by atoms with E-state index in [2.05, 4.69) is 42.7 Å². The molecule has 0 aliphatic rings. The van der Waals surface area contributed by atoms with Crippen molar-refractivity contribution in [2.24, 2.45) is 5.92 Å². The van der Waals surface area contributed by atoms with E-state index >= 15 is 0 Å². The second-order valence-electron chi connectivity index (χ2n) is 5.04. The second kappa shape index (κ2) is 7.31. The van der Waals surface area contributed by atoms with Crippen LogP contribution >= 0.6 is 11.3 Å². The summed E-state index contributed by atoms with van der Waals surface area (Å²) in [6.07, 6.45) is 0. The number of thiophene rings is 1. The van der Waals surface area contributed by atoms with Gasteiger partial charge in [-0.1, -0.05) is 32.0 Å². The summed E-state index contributed by atoms with van der Waals surface area (Å²) >= 11 is 1.72. The molecule has 0 spiro atoms. The minimum Gasteiger partial charge on any atom is -0.488 e. The zero-order chi connectivity index (χ0) is 13.5. The van der Waals surface area contributed by atoms with Gasteiger partial charge in [0.25, 0.3) is 0 Å². The van der Waals surface area contributed by atoms with Gasteiger partial charge in [0.05, 0.1) is 0 Å². The summed E-state index contributed by atoms with van der Waals surface area (Å²) in [5.74, 6) is 1.62. The SMILES string of the molecule is CC(C)CNCc1ccc(OCc2cccs2)cc1. The van der Waals surface area contributed by atoms with Crippen molar-refractivity contribution in [2.75, 3.05) is 6.54 Å². The molecule has 0 amide bonds. The van der Waals surface area contributed by atoms with Crippen molar-refractivity contribution in [3.8, 4) is 5.75 Å². The molecule has 2 rings (SSSR count). The lowest BCUT2D eigenvalue weighted by Gasteiger charge is -2.09. The van der Waals surface area contributed by atoms with E-state index in [0.29, 0.717) is 12.5 Å². The molecular formula is C16H21NOS. The third-order valence-corrected chi connectivity index (χ3v) is 3.62. The Balaban J connectivity index is 1.77. The summed E-state index contributed by atoms with van der Waals surface area (Å²) in [7, 11) is 0. The van der Waals surface area contributed by atoms with Crippen molar-refractivity contribution in [2.45, 2.75) is 27.0 Å². The van der Waals surface area contributed by atoms with Gasteiger partial charge in [0, 0.05) is 11.4 Å². The summed E-state index contributed by atoms with van der Waals surface area (Å²) in [5.41, 5.74) is 1.30. The van der Waals surface area contributed by atoms with Gasteiger partial charge in [-0.25, -0.2) is 0 Å². The van der Waals surface area contributed by atoms with Crippen molar-refractivity contribution < 1.29 is 4.74 Å². The van der Waals surface area contributed by atoms with Crippen LogP contribution in [0.2, 0.25) is 0 Å². The molecule has 2 aromatic rings. The van der Waals surface area contributed by atoms with Crippen LogP contribution in [0, 0.1) is 5.92 Å².